The number of ether oxygens (including phenoxy) is 2. The smallest absolute Gasteiger partial charge is 0.260 e. The lowest BCUT2D eigenvalue weighted by atomic mass is 10.3. The van der Waals surface area contributed by atoms with Crippen LogP contribution in [0.5, 0.6) is 11.5 Å². The minimum Gasteiger partial charge on any atom is -0.493 e. The summed E-state index contributed by atoms with van der Waals surface area (Å²) in [4.78, 5) is 17.8. The second-order valence-corrected chi connectivity index (χ2v) is 7.60. The average Bonchev–Trinajstić information content (AvgIpc) is 3.05. The molecule has 0 spiro atoms. The fourth-order valence-electron chi connectivity index (χ4n) is 2.78. The van der Waals surface area contributed by atoms with Gasteiger partial charge in [-0.05, 0) is 24.3 Å². The normalized spacial score (nSPS) is 15.2. The predicted molar refractivity (Wildman–Crippen MR) is 99.7 cm³/mol. The van der Waals surface area contributed by atoms with E-state index in [-0.39, 0.29) is 12.5 Å². The van der Waals surface area contributed by atoms with Gasteiger partial charge in [-0.2, -0.15) is 0 Å². The number of benzene rings is 1. The summed E-state index contributed by atoms with van der Waals surface area (Å²) in [5.74, 6) is 1.23. The summed E-state index contributed by atoms with van der Waals surface area (Å²) in [7, 11) is 1.59. The van der Waals surface area contributed by atoms with Gasteiger partial charge in [0.1, 0.15) is 0 Å². The van der Waals surface area contributed by atoms with Crippen LogP contribution in [0.25, 0.3) is 0 Å². The molecule has 0 aliphatic carbocycles. The van der Waals surface area contributed by atoms with E-state index in [9.17, 15) is 4.79 Å². The molecule has 0 atom stereocenters. The largest absolute Gasteiger partial charge is 0.493 e. The highest BCUT2D eigenvalue weighted by Crippen LogP contribution is 2.26. The molecule has 7 heteroatoms. The quantitative estimate of drug-likeness (QED) is 0.772. The van der Waals surface area contributed by atoms with Crippen molar-refractivity contribution in [2.45, 2.75) is 6.54 Å². The van der Waals surface area contributed by atoms with Gasteiger partial charge in [-0.3, -0.25) is 9.69 Å². The van der Waals surface area contributed by atoms with Crippen LogP contribution in [0.2, 0.25) is 4.34 Å². The Morgan fingerprint density at radius 3 is 2.48 bits per heavy atom. The van der Waals surface area contributed by atoms with Gasteiger partial charge in [0.2, 0.25) is 0 Å². The van der Waals surface area contributed by atoms with Crippen molar-refractivity contribution in [2.24, 2.45) is 0 Å². The lowest BCUT2D eigenvalue weighted by Gasteiger charge is -2.34. The molecule has 5 nitrogen and oxygen atoms in total. The Kier molecular flexibility index (Phi) is 6.18. The molecule has 1 fully saturated rings. The summed E-state index contributed by atoms with van der Waals surface area (Å²) in [5, 5.41) is 0. The molecular formula is C18H21ClN2O3S. The molecule has 1 amide bonds. The summed E-state index contributed by atoms with van der Waals surface area (Å²) in [6.45, 7) is 4.06. The number of piperazine rings is 1. The molecule has 0 saturated carbocycles. The highest BCUT2D eigenvalue weighted by molar-refractivity contribution is 7.16. The minimum absolute atomic E-state index is 0.00437. The fraction of sp³-hybridized carbons (Fsp3) is 0.389. The van der Waals surface area contributed by atoms with Crippen LogP contribution in [0.15, 0.2) is 36.4 Å². The highest BCUT2D eigenvalue weighted by Gasteiger charge is 2.22. The van der Waals surface area contributed by atoms with Gasteiger partial charge < -0.3 is 14.4 Å². The van der Waals surface area contributed by atoms with Crippen LogP contribution in [0.4, 0.5) is 0 Å². The van der Waals surface area contributed by atoms with E-state index in [1.165, 1.54) is 4.88 Å². The van der Waals surface area contributed by atoms with E-state index in [2.05, 4.69) is 11.0 Å². The van der Waals surface area contributed by atoms with Gasteiger partial charge in [0.15, 0.2) is 18.1 Å². The molecule has 0 unspecified atom stereocenters. The molecular weight excluding hydrogens is 360 g/mol. The Bertz CT molecular complexity index is 714. The molecule has 1 aliphatic heterocycles. The van der Waals surface area contributed by atoms with Gasteiger partial charge in [-0.1, -0.05) is 23.7 Å². The number of methoxy groups -OCH3 is 1. The van der Waals surface area contributed by atoms with Crippen LogP contribution in [0.3, 0.4) is 0 Å². The average molecular weight is 381 g/mol. The van der Waals surface area contributed by atoms with Gasteiger partial charge >= 0.3 is 0 Å². The Morgan fingerprint density at radius 2 is 1.84 bits per heavy atom. The Balaban J connectivity index is 1.45. The number of thiophene rings is 1. The van der Waals surface area contributed by atoms with Crippen molar-refractivity contribution in [3.8, 4) is 11.5 Å². The van der Waals surface area contributed by atoms with Crippen LogP contribution < -0.4 is 9.47 Å². The number of para-hydroxylation sites is 2. The van der Waals surface area contributed by atoms with Gasteiger partial charge in [-0.25, -0.2) is 0 Å². The van der Waals surface area contributed by atoms with Gasteiger partial charge in [0.05, 0.1) is 11.4 Å². The monoisotopic (exact) mass is 380 g/mol. The van der Waals surface area contributed by atoms with Crippen molar-refractivity contribution in [1.29, 1.82) is 0 Å². The van der Waals surface area contributed by atoms with Crippen molar-refractivity contribution < 1.29 is 14.3 Å². The molecule has 2 aromatic rings. The molecule has 0 radical (unpaired) electrons. The molecule has 1 aliphatic rings. The molecule has 1 aromatic heterocycles. The van der Waals surface area contributed by atoms with Crippen molar-refractivity contribution >= 4 is 28.8 Å². The van der Waals surface area contributed by atoms with Crippen LogP contribution in [-0.4, -0.2) is 55.6 Å². The van der Waals surface area contributed by atoms with E-state index in [1.54, 1.807) is 24.5 Å². The standard InChI is InChI=1S/C18H21ClN2O3S/c1-23-15-4-2-3-5-16(15)24-13-18(22)21-10-8-20(9-11-21)12-14-6-7-17(19)25-14/h2-7H,8-13H2,1H3. The number of hydrogen-bond acceptors (Lipinski definition) is 5. The third-order valence-corrected chi connectivity index (χ3v) is 5.37. The van der Waals surface area contributed by atoms with Crippen molar-refractivity contribution in [3.63, 3.8) is 0 Å². The second kappa shape index (κ2) is 8.56. The van der Waals surface area contributed by atoms with Crippen LogP contribution in [0.1, 0.15) is 4.88 Å². The molecule has 134 valence electrons. The molecule has 2 heterocycles. The van der Waals surface area contributed by atoms with E-state index in [0.29, 0.717) is 24.6 Å². The van der Waals surface area contributed by atoms with Gasteiger partial charge in [0, 0.05) is 37.6 Å². The lowest BCUT2D eigenvalue weighted by molar-refractivity contribution is -0.135. The van der Waals surface area contributed by atoms with E-state index in [4.69, 9.17) is 21.1 Å². The predicted octanol–water partition coefficient (Wildman–Crippen LogP) is 3.13. The van der Waals surface area contributed by atoms with E-state index in [0.717, 1.165) is 24.0 Å². The van der Waals surface area contributed by atoms with Gasteiger partial charge in [-0.15, -0.1) is 11.3 Å². The molecule has 1 saturated heterocycles. The van der Waals surface area contributed by atoms with Crippen molar-refractivity contribution in [3.05, 3.63) is 45.6 Å². The van der Waals surface area contributed by atoms with Crippen molar-refractivity contribution in [2.75, 3.05) is 39.9 Å². The number of hydrogen-bond donors (Lipinski definition) is 0. The Morgan fingerprint density at radius 1 is 1.12 bits per heavy atom. The maximum atomic E-state index is 12.4. The first-order valence-corrected chi connectivity index (χ1v) is 9.35. The highest BCUT2D eigenvalue weighted by atomic mass is 35.5. The molecule has 0 bridgehead atoms. The first-order chi connectivity index (χ1) is 12.2. The fourth-order valence-corrected chi connectivity index (χ4v) is 3.91. The second-order valence-electron chi connectivity index (χ2n) is 5.80. The number of halogens is 1. The summed E-state index contributed by atoms with van der Waals surface area (Å²) in [6.07, 6.45) is 0. The van der Waals surface area contributed by atoms with Crippen LogP contribution in [-0.2, 0) is 11.3 Å². The topological polar surface area (TPSA) is 42.0 Å². The maximum Gasteiger partial charge on any atom is 0.260 e. The van der Waals surface area contributed by atoms with E-state index in [1.807, 2.05) is 29.2 Å². The number of nitrogens with zero attached hydrogens (tertiary/aromatic N) is 2. The van der Waals surface area contributed by atoms with Crippen molar-refractivity contribution in [1.82, 2.24) is 9.80 Å². The number of rotatable bonds is 6. The summed E-state index contributed by atoms with van der Waals surface area (Å²) >= 11 is 7.58. The first-order valence-electron chi connectivity index (χ1n) is 8.16. The SMILES string of the molecule is COc1ccccc1OCC(=O)N1CCN(Cc2ccc(Cl)s2)CC1. The van der Waals surface area contributed by atoms with Crippen LogP contribution in [0, 0.1) is 0 Å². The lowest BCUT2D eigenvalue weighted by Crippen LogP contribution is -2.49. The maximum absolute atomic E-state index is 12.4. The van der Waals surface area contributed by atoms with Crippen LogP contribution >= 0.6 is 22.9 Å². The third-order valence-electron chi connectivity index (χ3n) is 4.15. The zero-order chi connectivity index (χ0) is 17.6. The first kappa shape index (κ1) is 18.0. The Labute approximate surface area is 156 Å². The van der Waals surface area contributed by atoms with E-state index < -0.39 is 0 Å². The molecule has 25 heavy (non-hydrogen) atoms. The zero-order valence-electron chi connectivity index (χ0n) is 14.1. The third kappa shape index (κ3) is 4.87. The number of carbonyl (C=O) groups excluding carboxylic acids is 1. The van der Waals surface area contributed by atoms with Gasteiger partial charge in [0.25, 0.3) is 5.91 Å². The molecule has 1 aromatic carbocycles. The number of amides is 1. The Hall–Kier alpha value is -1.76. The number of carbonyl (C=O) groups is 1. The molecule has 3 rings (SSSR count). The zero-order valence-corrected chi connectivity index (χ0v) is 15.7. The summed E-state index contributed by atoms with van der Waals surface area (Å²) in [6, 6.07) is 11.3. The summed E-state index contributed by atoms with van der Waals surface area (Å²) in [5.41, 5.74) is 0. The van der Waals surface area contributed by atoms with E-state index >= 15 is 0 Å². The molecule has 0 N–H and O–H groups in total. The summed E-state index contributed by atoms with van der Waals surface area (Å²) < 4.78 is 11.7. The minimum atomic E-state index is 0.00437.